The van der Waals surface area contributed by atoms with Crippen molar-refractivity contribution in [3.8, 4) is 0 Å². The van der Waals surface area contributed by atoms with Crippen LogP contribution in [0.25, 0.3) is 0 Å². The normalized spacial score (nSPS) is 13.2. The Hall–Kier alpha value is -1.89. The predicted molar refractivity (Wildman–Crippen MR) is 270 cm³/mol. The van der Waals surface area contributed by atoms with Crippen LogP contribution in [0.15, 0.2) is 36.5 Å². The van der Waals surface area contributed by atoms with Gasteiger partial charge in [0.15, 0.2) is 23.0 Å². The Kier molecular flexibility index (Phi) is 43.9. The molecule has 1 atom stereocenters. The van der Waals surface area contributed by atoms with Gasteiger partial charge < -0.3 is 15.3 Å². The summed E-state index contributed by atoms with van der Waals surface area (Å²) in [6, 6.07) is 0. The van der Waals surface area contributed by atoms with Gasteiger partial charge in [-0.05, 0) is 96.3 Å². The smallest absolute Gasteiger partial charge is 0.219 e. The number of aliphatic hydroxyl groups is 3. The van der Waals surface area contributed by atoms with E-state index in [0.717, 1.165) is 116 Å². The summed E-state index contributed by atoms with van der Waals surface area (Å²) < 4.78 is 0. The molecule has 0 aromatic heterocycles. The highest BCUT2D eigenvalue weighted by atomic mass is 16.4. The second-order valence-electron chi connectivity index (χ2n) is 19.0. The molecule has 0 aliphatic rings. The second kappa shape index (κ2) is 45.3. The summed E-state index contributed by atoms with van der Waals surface area (Å²) in [6.07, 6.45) is 56.4. The monoisotopic (exact) mass is 885 g/mol. The van der Waals surface area contributed by atoms with Crippen LogP contribution in [-0.4, -0.2) is 50.5 Å². The van der Waals surface area contributed by atoms with Crippen molar-refractivity contribution < 1.29 is 29.7 Å². The molecule has 0 bridgehead atoms. The van der Waals surface area contributed by atoms with Crippen LogP contribution < -0.4 is 0 Å². The highest BCUT2D eigenvalue weighted by Crippen LogP contribution is 2.32. The van der Waals surface area contributed by atoms with Gasteiger partial charge in [0.25, 0.3) is 0 Å². The zero-order valence-corrected chi connectivity index (χ0v) is 41.9. The number of unbranched alkanes of at least 4 members (excludes halogenated alkanes) is 33. The summed E-state index contributed by atoms with van der Waals surface area (Å²) in [4.78, 5) is 41.2. The van der Waals surface area contributed by atoms with Crippen LogP contribution in [0.3, 0.4) is 0 Å². The van der Waals surface area contributed by atoms with E-state index in [1.807, 2.05) is 0 Å². The number of rotatable bonds is 50. The molecule has 0 amide bonds. The minimum Gasteiger partial charge on any atom is -0.393 e. The van der Waals surface area contributed by atoms with E-state index in [9.17, 15) is 29.7 Å². The molecule has 6 nitrogen and oxygen atoms in total. The van der Waals surface area contributed by atoms with Crippen LogP contribution in [0.4, 0.5) is 0 Å². The quantitative estimate of drug-likeness (QED) is 0.0319. The first-order valence-electron chi connectivity index (χ1n) is 27.4. The van der Waals surface area contributed by atoms with Gasteiger partial charge in [-0.2, -0.15) is 0 Å². The molecule has 0 aliphatic carbocycles. The maximum Gasteiger partial charge on any atom is 0.219 e. The molecule has 6 heteroatoms. The van der Waals surface area contributed by atoms with Crippen LogP contribution in [-0.2, 0) is 14.4 Å². The lowest BCUT2D eigenvalue weighted by Crippen LogP contribution is -2.69. The lowest BCUT2D eigenvalue weighted by molar-refractivity contribution is -0.194. The van der Waals surface area contributed by atoms with Crippen LogP contribution >= 0.6 is 0 Å². The Morgan fingerprint density at radius 2 is 0.524 bits per heavy atom. The molecule has 0 fully saturated rings. The average molecular weight is 885 g/mol. The van der Waals surface area contributed by atoms with Gasteiger partial charge in [-0.3, -0.25) is 14.4 Å². The minimum absolute atomic E-state index is 0.0983. The van der Waals surface area contributed by atoms with E-state index in [2.05, 4.69) is 57.2 Å². The molecule has 0 saturated heterocycles. The zero-order valence-electron chi connectivity index (χ0n) is 41.9. The van der Waals surface area contributed by atoms with E-state index in [0.29, 0.717) is 19.3 Å². The summed E-state index contributed by atoms with van der Waals surface area (Å²) in [5.74, 6) is -2.50. The fourth-order valence-corrected chi connectivity index (χ4v) is 8.66. The minimum atomic E-state index is -2.94. The van der Waals surface area contributed by atoms with E-state index in [4.69, 9.17) is 0 Å². The number of hydrogen-bond acceptors (Lipinski definition) is 6. The SMILES string of the molecule is CCCCCCCC/C=C\CCCCCCCC(=O)C(O)(CO)C(O)(C(=O)CCCCCCC/C=C\CCCCCCCC)C(=O)CCCCCCC/C=C\CCCCCCCC. The molecule has 0 saturated carbocycles. The molecule has 0 radical (unpaired) electrons. The molecular weight excluding hydrogens is 781 g/mol. The summed E-state index contributed by atoms with van der Waals surface area (Å²) in [5, 5.41) is 34.1. The molecule has 368 valence electrons. The molecule has 0 spiro atoms. The Labute approximate surface area is 390 Å². The number of carbonyl (C=O) groups excluding carboxylic acids is 3. The van der Waals surface area contributed by atoms with E-state index < -0.39 is 35.2 Å². The Morgan fingerprint density at radius 3 is 0.762 bits per heavy atom. The third-order valence-corrected chi connectivity index (χ3v) is 13.1. The summed E-state index contributed by atoms with van der Waals surface area (Å²) in [7, 11) is 0. The number of carbonyl (C=O) groups is 3. The predicted octanol–water partition coefficient (Wildman–Crippen LogP) is 16.3. The van der Waals surface area contributed by atoms with Gasteiger partial charge in [0, 0.05) is 19.3 Å². The van der Waals surface area contributed by atoms with E-state index >= 15 is 0 Å². The van der Waals surface area contributed by atoms with Gasteiger partial charge in [-0.25, -0.2) is 0 Å². The first kappa shape index (κ1) is 61.1. The molecule has 3 N–H and O–H groups in total. The third-order valence-electron chi connectivity index (χ3n) is 13.1. The van der Waals surface area contributed by atoms with Crippen molar-refractivity contribution in [2.45, 2.75) is 302 Å². The second-order valence-corrected chi connectivity index (χ2v) is 19.0. The Bertz CT molecular complexity index is 1090. The molecule has 0 aliphatic heterocycles. The summed E-state index contributed by atoms with van der Waals surface area (Å²) in [5.41, 5.74) is -5.78. The van der Waals surface area contributed by atoms with Gasteiger partial charge in [-0.15, -0.1) is 0 Å². The fourth-order valence-electron chi connectivity index (χ4n) is 8.66. The van der Waals surface area contributed by atoms with Crippen molar-refractivity contribution in [2.75, 3.05) is 6.61 Å². The standard InChI is InChI=1S/C57H104O6/c1-4-7-10-13-16-19-22-25-28-31-34-37-40-43-46-49-53(59)56(62,52-58)57(63,54(60)50-47-44-41-38-35-32-29-26-23-20-17-14-11-8-5-2)55(61)51-48-45-42-39-36-33-30-27-24-21-18-15-12-9-6-3/h25-30,58,62-63H,4-24,31-52H2,1-3H3/b28-25-,29-26-,30-27-. The molecule has 0 aromatic rings. The number of allylic oxidation sites excluding steroid dienone is 6. The third kappa shape index (κ3) is 32.4. The van der Waals surface area contributed by atoms with Crippen molar-refractivity contribution in [1.29, 1.82) is 0 Å². The van der Waals surface area contributed by atoms with Crippen molar-refractivity contribution in [3.63, 3.8) is 0 Å². The van der Waals surface area contributed by atoms with E-state index in [1.165, 1.54) is 116 Å². The van der Waals surface area contributed by atoms with Gasteiger partial charge in [0.05, 0.1) is 6.61 Å². The topological polar surface area (TPSA) is 112 Å². The van der Waals surface area contributed by atoms with Crippen molar-refractivity contribution in [2.24, 2.45) is 0 Å². The molecule has 0 heterocycles. The summed E-state index contributed by atoms with van der Waals surface area (Å²) >= 11 is 0. The fraction of sp³-hybridized carbons (Fsp3) is 0.842. The molecular formula is C57H104O6. The van der Waals surface area contributed by atoms with Crippen LogP contribution in [0.5, 0.6) is 0 Å². The largest absolute Gasteiger partial charge is 0.393 e. The number of hydrogen-bond donors (Lipinski definition) is 3. The number of aliphatic hydroxyl groups excluding tert-OH is 1. The maximum atomic E-state index is 13.8. The van der Waals surface area contributed by atoms with Crippen molar-refractivity contribution in [1.82, 2.24) is 0 Å². The maximum absolute atomic E-state index is 13.8. The molecule has 1 unspecified atom stereocenters. The van der Waals surface area contributed by atoms with Crippen LogP contribution in [0.1, 0.15) is 290 Å². The highest BCUT2D eigenvalue weighted by Gasteiger charge is 2.62. The first-order valence-corrected chi connectivity index (χ1v) is 27.4. The molecule has 0 aromatic carbocycles. The van der Waals surface area contributed by atoms with Crippen LogP contribution in [0.2, 0.25) is 0 Å². The van der Waals surface area contributed by atoms with Gasteiger partial charge in [-0.1, -0.05) is 211 Å². The van der Waals surface area contributed by atoms with Gasteiger partial charge in [0.2, 0.25) is 5.60 Å². The van der Waals surface area contributed by atoms with Gasteiger partial charge >= 0.3 is 0 Å². The zero-order chi connectivity index (χ0) is 46.4. The Morgan fingerprint density at radius 1 is 0.317 bits per heavy atom. The Balaban J connectivity index is 4.98. The van der Waals surface area contributed by atoms with Crippen LogP contribution in [0, 0.1) is 0 Å². The molecule has 63 heavy (non-hydrogen) atoms. The summed E-state index contributed by atoms with van der Waals surface area (Å²) in [6.45, 7) is 5.57. The van der Waals surface area contributed by atoms with E-state index in [-0.39, 0.29) is 19.3 Å². The van der Waals surface area contributed by atoms with E-state index in [1.54, 1.807) is 0 Å². The lowest BCUT2D eigenvalue weighted by Gasteiger charge is -2.39. The highest BCUT2D eigenvalue weighted by molar-refractivity contribution is 6.16. The molecule has 0 rings (SSSR count). The van der Waals surface area contributed by atoms with Crippen molar-refractivity contribution >= 4 is 17.3 Å². The number of ketones is 3. The first-order chi connectivity index (χ1) is 30.8. The van der Waals surface area contributed by atoms with Crippen molar-refractivity contribution in [3.05, 3.63) is 36.5 Å². The lowest BCUT2D eigenvalue weighted by atomic mass is 9.71. The number of Topliss-reactive ketones (excluding diaryl/α,β-unsaturated/α-hetero) is 3. The average Bonchev–Trinajstić information content (AvgIpc) is 3.29. The van der Waals surface area contributed by atoms with Gasteiger partial charge in [0.1, 0.15) is 0 Å².